The van der Waals surface area contributed by atoms with Gasteiger partial charge >= 0.3 is 6.18 Å². The highest BCUT2D eigenvalue weighted by Crippen LogP contribution is 2.32. The fourth-order valence-electron chi connectivity index (χ4n) is 3.34. The number of hydrogen-bond acceptors (Lipinski definition) is 1. The standard InChI is InChI=1S/C22H22F3NO/c1-16-6-10-19(26(16)15-14-17-7-12-20(27)13-8-17)11-9-18-4-2-3-5-21(18)22(23,24)25/h2-8,10,12-13,27H,9,11,14-15H2,1H3. The number of aromatic nitrogens is 1. The van der Waals surface area contributed by atoms with Crippen molar-refractivity contribution in [3.63, 3.8) is 0 Å². The summed E-state index contributed by atoms with van der Waals surface area (Å²) in [7, 11) is 0. The maximum atomic E-state index is 13.2. The van der Waals surface area contributed by atoms with Crippen LogP contribution < -0.4 is 0 Å². The van der Waals surface area contributed by atoms with E-state index in [4.69, 9.17) is 0 Å². The first-order chi connectivity index (χ1) is 12.8. The molecule has 0 unspecified atom stereocenters. The Bertz CT molecular complexity index is 895. The molecule has 0 saturated heterocycles. The van der Waals surface area contributed by atoms with Gasteiger partial charge < -0.3 is 9.67 Å². The van der Waals surface area contributed by atoms with Gasteiger partial charge in [-0.2, -0.15) is 13.2 Å². The fourth-order valence-corrected chi connectivity index (χ4v) is 3.34. The van der Waals surface area contributed by atoms with Crippen LogP contribution in [0.4, 0.5) is 13.2 Å². The van der Waals surface area contributed by atoms with Gasteiger partial charge in [0.1, 0.15) is 5.75 Å². The molecule has 0 atom stereocenters. The molecule has 0 saturated carbocycles. The lowest BCUT2D eigenvalue weighted by molar-refractivity contribution is -0.138. The molecule has 0 bridgehead atoms. The van der Waals surface area contributed by atoms with Gasteiger partial charge in [-0.15, -0.1) is 0 Å². The van der Waals surface area contributed by atoms with Crippen molar-refractivity contribution in [3.8, 4) is 5.75 Å². The molecule has 0 amide bonds. The van der Waals surface area contributed by atoms with Gasteiger partial charge in [-0.05, 0) is 67.6 Å². The predicted octanol–water partition coefficient (Wildman–Crippen LogP) is 5.55. The molecule has 142 valence electrons. The average molecular weight is 373 g/mol. The van der Waals surface area contributed by atoms with Crippen LogP contribution >= 0.6 is 0 Å². The van der Waals surface area contributed by atoms with E-state index >= 15 is 0 Å². The zero-order valence-electron chi connectivity index (χ0n) is 15.1. The van der Waals surface area contributed by atoms with E-state index in [1.165, 1.54) is 6.07 Å². The number of aromatic hydroxyl groups is 1. The summed E-state index contributed by atoms with van der Waals surface area (Å²) in [6.45, 7) is 2.75. The molecule has 1 N–H and O–H groups in total. The maximum absolute atomic E-state index is 13.2. The van der Waals surface area contributed by atoms with Gasteiger partial charge in [0.15, 0.2) is 0 Å². The summed E-state index contributed by atoms with van der Waals surface area (Å²) in [5.41, 5.74) is 3.00. The number of aryl methyl sites for hydroxylation is 4. The number of phenolic OH excluding ortho intramolecular Hbond substituents is 1. The molecular weight excluding hydrogens is 351 g/mol. The molecule has 0 aliphatic heterocycles. The van der Waals surface area contributed by atoms with Crippen molar-refractivity contribution in [1.29, 1.82) is 0 Å². The van der Waals surface area contributed by atoms with Crippen molar-refractivity contribution in [2.75, 3.05) is 0 Å². The molecule has 1 aromatic heterocycles. The minimum absolute atomic E-state index is 0.236. The fraction of sp³-hybridized carbons (Fsp3) is 0.273. The zero-order valence-corrected chi connectivity index (χ0v) is 15.1. The van der Waals surface area contributed by atoms with Crippen LogP contribution in [-0.2, 0) is 32.0 Å². The van der Waals surface area contributed by atoms with Crippen LogP contribution in [0.2, 0.25) is 0 Å². The van der Waals surface area contributed by atoms with E-state index in [-0.39, 0.29) is 5.75 Å². The highest BCUT2D eigenvalue weighted by Gasteiger charge is 2.32. The summed E-state index contributed by atoms with van der Waals surface area (Å²) in [6, 6.07) is 16.9. The molecule has 27 heavy (non-hydrogen) atoms. The molecule has 5 heteroatoms. The molecule has 0 spiro atoms. The minimum atomic E-state index is -4.33. The van der Waals surface area contributed by atoms with Crippen LogP contribution in [0, 0.1) is 6.92 Å². The van der Waals surface area contributed by atoms with Crippen LogP contribution in [0.1, 0.15) is 28.1 Å². The Morgan fingerprint density at radius 2 is 1.56 bits per heavy atom. The summed E-state index contributed by atoms with van der Waals surface area (Å²) in [5.74, 6) is 0.236. The van der Waals surface area contributed by atoms with Gasteiger partial charge in [-0.25, -0.2) is 0 Å². The quantitative estimate of drug-likeness (QED) is 0.602. The van der Waals surface area contributed by atoms with Crippen molar-refractivity contribution < 1.29 is 18.3 Å². The van der Waals surface area contributed by atoms with Crippen LogP contribution in [0.25, 0.3) is 0 Å². The number of benzene rings is 2. The first-order valence-corrected chi connectivity index (χ1v) is 8.92. The van der Waals surface area contributed by atoms with Gasteiger partial charge in [0.05, 0.1) is 5.56 Å². The second-order valence-corrected chi connectivity index (χ2v) is 6.69. The lowest BCUT2D eigenvalue weighted by Crippen LogP contribution is -2.11. The summed E-state index contributed by atoms with van der Waals surface area (Å²) < 4.78 is 41.7. The van der Waals surface area contributed by atoms with Crippen molar-refractivity contribution >= 4 is 0 Å². The number of phenols is 1. The van der Waals surface area contributed by atoms with Gasteiger partial charge in [-0.3, -0.25) is 0 Å². The molecule has 0 fully saturated rings. The Morgan fingerprint density at radius 3 is 2.26 bits per heavy atom. The SMILES string of the molecule is Cc1ccc(CCc2ccccc2C(F)(F)F)n1CCc1ccc(O)cc1. The Labute approximate surface area is 156 Å². The Kier molecular flexibility index (Phi) is 5.59. The van der Waals surface area contributed by atoms with E-state index in [0.29, 0.717) is 18.4 Å². The zero-order chi connectivity index (χ0) is 19.4. The monoisotopic (exact) mass is 373 g/mol. The number of rotatable bonds is 6. The van der Waals surface area contributed by atoms with E-state index in [0.717, 1.165) is 36.0 Å². The predicted molar refractivity (Wildman–Crippen MR) is 99.8 cm³/mol. The Balaban J connectivity index is 1.71. The summed E-state index contributed by atoms with van der Waals surface area (Å²) in [4.78, 5) is 0. The summed E-state index contributed by atoms with van der Waals surface area (Å²) in [6.07, 6.45) is -2.63. The molecule has 3 rings (SSSR count). The van der Waals surface area contributed by atoms with Crippen LogP contribution in [0.5, 0.6) is 5.75 Å². The van der Waals surface area contributed by atoms with E-state index in [1.54, 1.807) is 24.3 Å². The second kappa shape index (κ2) is 7.91. The number of hydrogen-bond donors (Lipinski definition) is 1. The van der Waals surface area contributed by atoms with Crippen LogP contribution in [-0.4, -0.2) is 9.67 Å². The number of alkyl halides is 3. The highest BCUT2D eigenvalue weighted by atomic mass is 19.4. The first-order valence-electron chi connectivity index (χ1n) is 8.92. The van der Waals surface area contributed by atoms with Gasteiger partial charge in [-0.1, -0.05) is 30.3 Å². The van der Waals surface area contributed by atoms with Gasteiger partial charge in [0, 0.05) is 17.9 Å². The third-order valence-corrected chi connectivity index (χ3v) is 4.82. The van der Waals surface area contributed by atoms with Crippen LogP contribution in [0.15, 0.2) is 60.7 Å². The molecular formula is C22H22F3NO. The molecule has 1 heterocycles. The highest BCUT2D eigenvalue weighted by molar-refractivity contribution is 5.31. The van der Waals surface area contributed by atoms with E-state index < -0.39 is 11.7 Å². The second-order valence-electron chi connectivity index (χ2n) is 6.69. The van der Waals surface area contributed by atoms with Crippen molar-refractivity contribution in [3.05, 3.63) is 88.7 Å². The summed E-state index contributed by atoms with van der Waals surface area (Å²) in [5, 5.41) is 9.37. The normalized spacial score (nSPS) is 11.7. The Morgan fingerprint density at radius 1 is 0.852 bits per heavy atom. The topological polar surface area (TPSA) is 25.2 Å². The molecule has 2 nitrogen and oxygen atoms in total. The molecule has 0 aliphatic rings. The lowest BCUT2D eigenvalue weighted by atomic mass is 10.0. The number of nitrogens with zero attached hydrogens (tertiary/aromatic N) is 1. The third-order valence-electron chi connectivity index (χ3n) is 4.82. The maximum Gasteiger partial charge on any atom is 0.416 e. The van der Waals surface area contributed by atoms with E-state index in [2.05, 4.69) is 4.57 Å². The lowest BCUT2D eigenvalue weighted by Gasteiger charge is -2.15. The molecule has 0 radical (unpaired) electrons. The smallest absolute Gasteiger partial charge is 0.416 e. The first kappa shape index (κ1) is 19.1. The molecule has 2 aromatic carbocycles. The third kappa shape index (κ3) is 4.73. The van der Waals surface area contributed by atoms with Crippen molar-refractivity contribution in [2.24, 2.45) is 0 Å². The largest absolute Gasteiger partial charge is 0.508 e. The molecule has 3 aromatic rings. The molecule has 0 aliphatic carbocycles. The van der Waals surface area contributed by atoms with Gasteiger partial charge in [0.2, 0.25) is 0 Å². The van der Waals surface area contributed by atoms with E-state index in [1.807, 2.05) is 31.2 Å². The Hall–Kier alpha value is -2.69. The summed E-state index contributed by atoms with van der Waals surface area (Å²) >= 11 is 0. The van der Waals surface area contributed by atoms with E-state index in [9.17, 15) is 18.3 Å². The average Bonchev–Trinajstić information content (AvgIpc) is 2.99. The van der Waals surface area contributed by atoms with Crippen LogP contribution in [0.3, 0.4) is 0 Å². The number of halogens is 3. The van der Waals surface area contributed by atoms with Crippen molar-refractivity contribution in [1.82, 2.24) is 4.57 Å². The van der Waals surface area contributed by atoms with Gasteiger partial charge in [0.25, 0.3) is 0 Å². The minimum Gasteiger partial charge on any atom is -0.508 e. The van der Waals surface area contributed by atoms with Crippen molar-refractivity contribution in [2.45, 2.75) is 38.9 Å².